The number of hydrogen-bond donors (Lipinski definition) is 0. The van der Waals surface area contributed by atoms with Crippen molar-refractivity contribution >= 4 is 6.41 Å². The molecule has 1 aromatic carbocycles. The molecule has 0 radical (unpaired) electrons. The number of benzene rings is 1. The van der Waals surface area contributed by atoms with Crippen LogP contribution in [0.3, 0.4) is 0 Å². The molecule has 0 fully saturated rings. The number of carbonyl (C=O) groups is 1. The van der Waals surface area contributed by atoms with E-state index in [1.165, 1.54) is 11.0 Å². The molecule has 2 rings (SSSR count). The molecular formula is C10H8F3NO. The molecule has 2 nitrogen and oxygen atoms in total. The normalized spacial score (nSPS) is 15.3. The first-order valence-electron chi connectivity index (χ1n) is 4.39. The maximum atomic E-state index is 12.4. The Bertz CT molecular complexity index is 400. The quantitative estimate of drug-likeness (QED) is 0.657. The third kappa shape index (κ3) is 1.82. The molecule has 0 aromatic heterocycles. The van der Waals surface area contributed by atoms with Crippen LogP contribution >= 0.6 is 0 Å². The molecule has 5 heteroatoms. The molecule has 0 saturated carbocycles. The van der Waals surface area contributed by atoms with Crippen LogP contribution in [0, 0.1) is 0 Å². The molecule has 0 atom stereocenters. The molecule has 15 heavy (non-hydrogen) atoms. The van der Waals surface area contributed by atoms with Gasteiger partial charge in [-0.15, -0.1) is 0 Å². The summed E-state index contributed by atoms with van der Waals surface area (Å²) < 4.78 is 37.1. The van der Waals surface area contributed by atoms with E-state index in [2.05, 4.69) is 0 Å². The largest absolute Gasteiger partial charge is 0.416 e. The zero-order valence-corrected chi connectivity index (χ0v) is 7.71. The molecule has 0 N–H and O–H groups in total. The fraction of sp³-hybridized carbons (Fsp3) is 0.300. The molecule has 1 amide bonds. The van der Waals surface area contributed by atoms with Gasteiger partial charge >= 0.3 is 6.18 Å². The summed E-state index contributed by atoms with van der Waals surface area (Å²) in [5, 5.41) is 0. The lowest BCUT2D eigenvalue weighted by Crippen LogP contribution is -2.12. The molecule has 80 valence electrons. The highest BCUT2D eigenvalue weighted by atomic mass is 19.4. The molecule has 1 aliphatic heterocycles. The van der Waals surface area contributed by atoms with E-state index in [9.17, 15) is 18.0 Å². The molecule has 0 bridgehead atoms. The van der Waals surface area contributed by atoms with Gasteiger partial charge < -0.3 is 4.90 Å². The fourth-order valence-electron chi connectivity index (χ4n) is 1.67. The standard InChI is InChI=1S/C10H8F3NO/c11-10(12,13)9-2-1-7-4-14(6-15)5-8(7)3-9/h1-3,6H,4-5H2. The maximum Gasteiger partial charge on any atom is 0.416 e. The van der Waals surface area contributed by atoms with Crippen molar-refractivity contribution in [2.45, 2.75) is 19.3 Å². The predicted molar refractivity (Wildman–Crippen MR) is 46.8 cm³/mol. The van der Waals surface area contributed by atoms with E-state index in [1.807, 2.05) is 0 Å². The van der Waals surface area contributed by atoms with Crippen LogP contribution in [0.15, 0.2) is 18.2 Å². The predicted octanol–water partition coefficient (Wildman–Crippen LogP) is 2.18. The van der Waals surface area contributed by atoms with E-state index in [0.29, 0.717) is 18.5 Å². The molecular weight excluding hydrogens is 207 g/mol. The number of hydrogen-bond acceptors (Lipinski definition) is 1. The molecule has 0 unspecified atom stereocenters. The summed E-state index contributed by atoms with van der Waals surface area (Å²) in [4.78, 5) is 11.9. The van der Waals surface area contributed by atoms with Gasteiger partial charge in [-0.1, -0.05) is 6.07 Å². The van der Waals surface area contributed by atoms with Crippen molar-refractivity contribution in [3.8, 4) is 0 Å². The summed E-state index contributed by atoms with van der Waals surface area (Å²) in [5.74, 6) is 0. The number of nitrogens with zero attached hydrogens (tertiary/aromatic N) is 1. The zero-order chi connectivity index (χ0) is 11.1. The van der Waals surface area contributed by atoms with Gasteiger partial charge in [0.1, 0.15) is 0 Å². The Morgan fingerprint density at radius 2 is 1.87 bits per heavy atom. The number of halogens is 3. The molecule has 1 aliphatic rings. The summed E-state index contributed by atoms with van der Waals surface area (Å²) in [7, 11) is 0. The van der Waals surface area contributed by atoms with Gasteiger partial charge in [-0.3, -0.25) is 4.79 Å². The Morgan fingerprint density at radius 3 is 2.47 bits per heavy atom. The Kier molecular flexibility index (Phi) is 2.17. The molecule has 0 saturated heterocycles. The zero-order valence-electron chi connectivity index (χ0n) is 7.71. The number of alkyl halides is 3. The van der Waals surface area contributed by atoms with Gasteiger partial charge in [-0.25, -0.2) is 0 Å². The van der Waals surface area contributed by atoms with E-state index in [4.69, 9.17) is 0 Å². The van der Waals surface area contributed by atoms with Crippen molar-refractivity contribution in [3.63, 3.8) is 0 Å². The van der Waals surface area contributed by atoms with Crippen LogP contribution in [0.5, 0.6) is 0 Å². The third-order valence-electron chi connectivity index (χ3n) is 2.43. The Labute approximate surface area is 84.3 Å². The first-order valence-corrected chi connectivity index (χ1v) is 4.39. The number of fused-ring (bicyclic) bond motifs is 1. The summed E-state index contributed by atoms with van der Waals surface area (Å²) in [6.07, 6.45) is -3.67. The Hall–Kier alpha value is -1.52. The highest BCUT2D eigenvalue weighted by Gasteiger charge is 2.32. The number of carbonyl (C=O) groups excluding carboxylic acids is 1. The van der Waals surface area contributed by atoms with Crippen molar-refractivity contribution in [2.75, 3.05) is 0 Å². The van der Waals surface area contributed by atoms with E-state index >= 15 is 0 Å². The summed E-state index contributed by atoms with van der Waals surface area (Å²) in [6.45, 7) is 0.666. The second kappa shape index (κ2) is 3.25. The second-order valence-electron chi connectivity index (χ2n) is 3.49. The summed E-state index contributed by atoms with van der Waals surface area (Å²) in [6, 6.07) is 3.59. The van der Waals surface area contributed by atoms with Gasteiger partial charge in [0.15, 0.2) is 0 Å². The van der Waals surface area contributed by atoms with Crippen LogP contribution in [-0.2, 0) is 24.1 Å². The minimum Gasteiger partial charge on any atom is -0.337 e. The average Bonchev–Trinajstić information content (AvgIpc) is 2.57. The van der Waals surface area contributed by atoms with Gasteiger partial charge in [0.25, 0.3) is 0 Å². The summed E-state index contributed by atoms with van der Waals surface area (Å²) >= 11 is 0. The van der Waals surface area contributed by atoms with Crippen LogP contribution in [0.2, 0.25) is 0 Å². The van der Waals surface area contributed by atoms with Crippen LogP contribution in [-0.4, -0.2) is 11.3 Å². The molecule has 1 aromatic rings. The SMILES string of the molecule is O=CN1Cc2ccc(C(F)(F)F)cc2C1. The van der Waals surface area contributed by atoms with E-state index in [0.717, 1.165) is 17.7 Å². The minimum atomic E-state index is -4.32. The average molecular weight is 215 g/mol. The topological polar surface area (TPSA) is 20.3 Å². The van der Waals surface area contributed by atoms with E-state index in [1.54, 1.807) is 0 Å². The molecule has 0 spiro atoms. The second-order valence-corrected chi connectivity index (χ2v) is 3.49. The monoisotopic (exact) mass is 215 g/mol. The lowest BCUT2D eigenvalue weighted by molar-refractivity contribution is -0.137. The number of rotatable bonds is 1. The Balaban J connectivity index is 2.34. The van der Waals surface area contributed by atoms with Crippen LogP contribution in [0.25, 0.3) is 0 Å². The van der Waals surface area contributed by atoms with Crippen molar-refractivity contribution < 1.29 is 18.0 Å². The van der Waals surface area contributed by atoms with Crippen molar-refractivity contribution in [1.82, 2.24) is 4.90 Å². The van der Waals surface area contributed by atoms with Crippen molar-refractivity contribution in [2.24, 2.45) is 0 Å². The van der Waals surface area contributed by atoms with Crippen molar-refractivity contribution in [3.05, 3.63) is 34.9 Å². The number of amides is 1. The highest BCUT2D eigenvalue weighted by Crippen LogP contribution is 2.32. The minimum absolute atomic E-state index is 0.267. The van der Waals surface area contributed by atoms with Gasteiger partial charge in [0.2, 0.25) is 6.41 Å². The lowest BCUT2D eigenvalue weighted by Gasteiger charge is -2.07. The smallest absolute Gasteiger partial charge is 0.337 e. The Morgan fingerprint density at radius 1 is 1.20 bits per heavy atom. The van der Waals surface area contributed by atoms with Crippen LogP contribution < -0.4 is 0 Å². The lowest BCUT2D eigenvalue weighted by atomic mass is 10.1. The van der Waals surface area contributed by atoms with Crippen molar-refractivity contribution in [1.29, 1.82) is 0 Å². The van der Waals surface area contributed by atoms with Crippen LogP contribution in [0.1, 0.15) is 16.7 Å². The van der Waals surface area contributed by atoms with E-state index in [-0.39, 0.29) is 6.54 Å². The third-order valence-corrected chi connectivity index (χ3v) is 2.43. The maximum absolute atomic E-state index is 12.4. The summed E-state index contributed by atoms with van der Waals surface area (Å²) in [5.41, 5.74) is 0.709. The first-order chi connectivity index (χ1) is 7.00. The van der Waals surface area contributed by atoms with E-state index < -0.39 is 11.7 Å². The first kappa shape index (κ1) is 10.0. The molecule has 1 heterocycles. The fourth-order valence-corrected chi connectivity index (χ4v) is 1.67. The van der Waals surface area contributed by atoms with Gasteiger partial charge in [-0.2, -0.15) is 13.2 Å². The van der Waals surface area contributed by atoms with Gasteiger partial charge in [-0.05, 0) is 23.3 Å². The highest BCUT2D eigenvalue weighted by molar-refractivity contribution is 5.51. The van der Waals surface area contributed by atoms with Crippen LogP contribution in [0.4, 0.5) is 13.2 Å². The van der Waals surface area contributed by atoms with Gasteiger partial charge in [0.05, 0.1) is 5.56 Å². The molecule has 0 aliphatic carbocycles. The van der Waals surface area contributed by atoms with Gasteiger partial charge in [0, 0.05) is 13.1 Å².